The molecule has 1 atom stereocenters. The van der Waals surface area contributed by atoms with Gasteiger partial charge in [0.2, 0.25) is 5.95 Å². The number of thiazole rings is 1. The van der Waals surface area contributed by atoms with E-state index in [4.69, 9.17) is 0 Å². The minimum absolute atomic E-state index is 0.0766. The SMILES string of the molecule is CCc1nnc(NC(C)c2csc(C(C)C)n2)nc1CC. The molecule has 2 rings (SSSR count). The number of rotatable bonds is 6. The second-order valence-electron chi connectivity index (χ2n) is 5.37. The average Bonchev–Trinajstić information content (AvgIpc) is 2.97. The van der Waals surface area contributed by atoms with E-state index in [2.05, 4.69) is 65.5 Å². The van der Waals surface area contributed by atoms with E-state index in [1.54, 1.807) is 11.3 Å². The van der Waals surface area contributed by atoms with Crippen molar-refractivity contribution in [3.8, 4) is 0 Å². The molecule has 2 aromatic heterocycles. The first kappa shape index (κ1) is 15.8. The number of anilines is 1. The smallest absolute Gasteiger partial charge is 0.243 e. The van der Waals surface area contributed by atoms with Gasteiger partial charge in [0.15, 0.2) is 0 Å². The van der Waals surface area contributed by atoms with E-state index >= 15 is 0 Å². The van der Waals surface area contributed by atoms with Gasteiger partial charge in [0, 0.05) is 11.3 Å². The third-order valence-corrected chi connectivity index (χ3v) is 4.50. The Hall–Kier alpha value is -1.56. The Morgan fingerprint density at radius 2 is 1.76 bits per heavy atom. The molecule has 0 aromatic carbocycles. The maximum Gasteiger partial charge on any atom is 0.243 e. The molecule has 1 unspecified atom stereocenters. The second kappa shape index (κ2) is 6.93. The number of aromatic nitrogens is 4. The van der Waals surface area contributed by atoms with Crippen molar-refractivity contribution in [1.29, 1.82) is 0 Å². The number of aryl methyl sites for hydroxylation is 2. The maximum atomic E-state index is 4.66. The minimum atomic E-state index is 0.0766. The van der Waals surface area contributed by atoms with Crippen LogP contribution >= 0.6 is 11.3 Å². The first-order chi connectivity index (χ1) is 10.0. The van der Waals surface area contributed by atoms with Crippen LogP contribution in [0.3, 0.4) is 0 Å². The standard InChI is InChI=1S/C15H23N5S/c1-6-11-12(7-2)19-20-15(18-11)16-10(5)13-8-21-14(17-13)9(3)4/h8-10H,6-7H2,1-5H3,(H,16,18,20). The van der Waals surface area contributed by atoms with Crippen LogP contribution < -0.4 is 5.32 Å². The molecule has 0 aliphatic heterocycles. The highest BCUT2D eigenvalue weighted by atomic mass is 32.1. The van der Waals surface area contributed by atoms with Crippen molar-refractivity contribution in [2.24, 2.45) is 0 Å². The lowest BCUT2D eigenvalue weighted by atomic mass is 10.2. The zero-order valence-corrected chi connectivity index (χ0v) is 14.2. The number of hydrogen-bond acceptors (Lipinski definition) is 6. The fraction of sp³-hybridized carbons (Fsp3) is 0.600. The number of hydrogen-bond donors (Lipinski definition) is 1. The largest absolute Gasteiger partial charge is 0.345 e. The normalized spacial score (nSPS) is 12.7. The van der Waals surface area contributed by atoms with Crippen LogP contribution in [-0.2, 0) is 12.8 Å². The average molecular weight is 305 g/mol. The Morgan fingerprint density at radius 1 is 1.05 bits per heavy atom. The van der Waals surface area contributed by atoms with Gasteiger partial charge < -0.3 is 5.32 Å². The summed E-state index contributed by atoms with van der Waals surface area (Å²) in [7, 11) is 0. The van der Waals surface area contributed by atoms with Gasteiger partial charge in [-0.25, -0.2) is 9.97 Å². The van der Waals surface area contributed by atoms with Crippen LogP contribution in [0.5, 0.6) is 0 Å². The van der Waals surface area contributed by atoms with Gasteiger partial charge in [-0.3, -0.25) is 0 Å². The van der Waals surface area contributed by atoms with Gasteiger partial charge in [0.25, 0.3) is 0 Å². The van der Waals surface area contributed by atoms with Crippen molar-refractivity contribution in [2.45, 2.75) is 59.4 Å². The summed E-state index contributed by atoms with van der Waals surface area (Å²) in [5, 5.41) is 15.0. The summed E-state index contributed by atoms with van der Waals surface area (Å²) < 4.78 is 0. The van der Waals surface area contributed by atoms with E-state index in [0.29, 0.717) is 11.9 Å². The topological polar surface area (TPSA) is 63.6 Å². The van der Waals surface area contributed by atoms with Gasteiger partial charge in [0.05, 0.1) is 28.1 Å². The molecule has 0 saturated carbocycles. The summed E-state index contributed by atoms with van der Waals surface area (Å²) in [5.41, 5.74) is 3.03. The second-order valence-corrected chi connectivity index (χ2v) is 6.26. The van der Waals surface area contributed by atoms with Gasteiger partial charge in [-0.1, -0.05) is 27.7 Å². The van der Waals surface area contributed by atoms with Gasteiger partial charge >= 0.3 is 0 Å². The van der Waals surface area contributed by atoms with Gasteiger partial charge in [-0.15, -0.1) is 16.4 Å². The molecule has 0 amide bonds. The molecule has 0 saturated heterocycles. The monoisotopic (exact) mass is 305 g/mol. The van der Waals surface area contributed by atoms with E-state index in [1.807, 2.05) is 0 Å². The highest BCUT2D eigenvalue weighted by Crippen LogP contribution is 2.24. The molecule has 2 aromatic rings. The fourth-order valence-electron chi connectivity index (χ4n) is 2.03. The Morgan fingerprint density at radius 3 is 2.33 bits per heavy atom. The third-order valence-electron chi connectivity index (χ3n) is 3.33. The Labute approximate surface area is 130 Å². The zero-order chi connectivity index (χ0) is 15.4. The van der Waals surface area contributed by atoms with E-state index in [9.17, 15) is 0 Å². The van der Waals surface area contributed by atoms with Gasteiger partial charge in [-0.05, 0) is 19.8 Å². The molecule has 0 aliphatic rings. The lowest BCUT2D eigenvalue weighted by Crippen LogP contribution is -2.13. The van der Waals surface area contributed by atoms with Crippen molar-refractivity contribution >= 4 is 17.3 Å². The number of nitrogens with one attached hydrogen (secondary N) is 1. The molecular formula is C15H23N5S. The Kier molecular flexibility index (Phi) is 5.22. The predicted molar refractivity (Wildman–Crippen MR) is 86.8 cm³/mol. The maximum absolute atomic E-state index is 4.66. The summed E-state index contributed by atoms with van der Waals surface area (Å²) in [6.45, 7) is 10.5. The molecule has 114 valence electrons. The van der Waals surface area contributed by atoms with Crippen LogP contribution in [-0.4, -0.2) is 20.2 Å². The van der Waals surface area contributed by atoms with Crippen LogP contribution in [0.2, 0.25) is 0 Å². The Bertz CT molecular complexity index is 593. The fourth-order valence-corrected chi connectivity index (χ4v) is 2.96. The van der Waals surface area contributed by atoms with Crippen molar-refractivity contribution < 1.29 is 0 Å². The van der Waals surface area contributed by atoms with E-state index in [1.165, 1.54) is 0 Å². The summed E-state index contributed by atoms with van der Waals surface area (Å²) in [6.07, 6.45) is 1.73. The molecule has 0 fully saturated rings. The molecule has 6 heteroatoms. The summed E-state index contributed by atoms with van der Waals surface area (Å²) in [6, 6.07) is 0.0766. The minimum Gasteiger partial charge on any atom is -0.345 e. The van der Waals surface area contributed by atoms with Crippen molar-refractivity contribution in [2.75, 3.05) is 5.32 Å². The van der Waals surface area contributed by atoms with E-state index in [0.717, 1.165) is 34.9 Å². The molecular weight excluding hydrogens is 282 g/mol. The first-order valence-electron chi connectivity index (χ1n) is 7.49. The number of nitrogens with zero attached hydrogens (tertiary/aromatic N) is 4. The van der Waals surface area contributed by atoms with Crippen LogP contribution in [0, 0.1) is 0 Å². The lowest BCUT2D eigenvalue weighted by Gasteiger charge is -2.12. The molecule has 0 radical (unpaired) electrons. The summed E-state index contributed by atoms with van der Waals surface area (Å²) >= 11 is 1.70. The van der Waals surface area contributed by atoms with Crippen molar-refractivity contribution in [3.05, 3.63) is 27.5 Å². The van der Waals surface area contributed by atoms with Crippen molar-refractivity contribution in [1.82, 2.24) is 20.2 Å². The third kappa shape index (κ3) is 3.75. The molecule has 21 heavy (non-hydrogen) atoms. The zero-order valence-electron chi connectivity index (χ0n) is 13.3. The van der Waals surface area contributed by atoms with Crippen molar-refractivity contribution in [3.63, 3.8) is 0 Å². The van der Waals surface area contributed by atoms with Crippen LogP contribution in [0.1, 0.15) is 68.7 Å². The van der Waals surface area contributed by atoms with E-state index < -0.39 is 0 Å². The van der Waals surface area contributed by atoms with Gasteiger partial charge in [0.1, 0.15) is 0 Å². The molecule has 1 N–H and O–H groups in total. The molecule has 5 nitrogen and oxygen atoms in total. The van der Waals surface area contributed by atoms with Gasteiger partial charge in [-0.2, -0.15) is 5.10 Å². The molecule has 0 aliphatic carbocycles. The van der Waals surface area contributed by atoms with Crippen LogP contribution in [0.4, 0.5) is 5.95 Å². The van der Waals surface area contributed by atoms with Crippen LogP contribution in [0.25, 0.3) is 0 Å². The molecule has 2 heterocycles. The lowest BCUT2D eigenvalue weighted by molar-refractivity contribution is 0.767. The van der Waals surface area contributed by atoms with E-state index in [-0.39, 0.29) is 6.04 Å². The van der Waals surface area contributed by atoms with Crippen LogP contribution in [0.15, 0.2) is 5.38 Å². The highest BCUT2D eigenvalue weighted by Gasteiger charge is 2.14. The summed E-state index contributed by atoms with van der Waals surface area (Å²) in [5.74, 6) is 1.04. The Balaban J connectivity index is 2.13. The molecule has 0 spiro atoms. The first-order valence-corrected chi connectivity index (χ1v) is 8.37. The molecule has 0 bridgehead atoms. The summed E-state index contributed by atoms with van der Waals surface area (Å²) in [4.78, 5) is 9.22. The quantitative estimate of drug-likeness (QED) is 0.880. The predicted octanol–water partition coefficient (Wildman–Crippen LogP) is 3.75. The highest BCUT2D eigenvalue weighted by molar-refractivity contribution is 7.09.